The predicted octanol–water partition coefficient (Wildman–Crippen LogP) is 2.32. The molecule has 0 N–H and O–H groups in total. The van der Waals surface area contributed by atoms with Crippen LogP contribution in [0.1, 0.15) is 6.42 Å². The van der Waals surface area contributed by atoms with Crippen molar-refractivity contribution in [3.05, 3.63) is 30.2 Å². The van der Waals surface area contributed by atoms with Gasteiger partial charge in [-0.15, -0.1) is 0 Å². The Hall–Kier alpha value is -0.730. The van der Waals surface area contributed by atoms with Gasteiger partial charge in [0.2, 0.25) is 0 Å². The fourth-order valence-electron chi connectivity index (χ4n) is 0.595. The van der Waals surface area contributed by atoms with Crippen LogP contribution in [0.25, 0.3) is 0 Å². The molecule has 10 heavy (non-hydrogen) atoms. The summed E-state index contributed by atoms with van der Waals surface area (Å²) in [6, 6.07) is 0. The number of hydrogen-bond donors (Lipinski definition) is 0. The van der Waals surface area contributed by atoms with Crippen LogP contribution in [0.15, 0.2) is 17.7 Å². The zero-order chi connectivity index (χ0) is 7.61. The van der Waals surface area contributed by atoms with Crippen molar-refractivity contribution in [3.63, 3.8) is 0 Å². The molecule has 3 radical (unpaired) electrons. The van der Waals surface area contributed by atoms with Gasteiger partial charge in [0.1, 0.15) is 0 Å². The summed E-state index contributed by atoms with van der Waals surface area (Å²) in [6.07, 6.45) is 2.87. The second-order valence-corrected chi connectivity index (χ2v) is 1.81. The summed E-state index contributed by atoms with van der Waals surface area (Å²) < 4.78 is 35.3. The lowest BCUT2D eigenvalue weighted by Gasteiger charge is -2.10. The zero-order valence-corrected chi connectivity index (χ0v) is 5.00. The van der Waals surface area contributed by atoms with Crippen molar-refractivity contribution in [1.82, 2.24) is 0 Å². The van der Waals surface area contributed by atoms with Crippen LogP contribution in [0.2, 0.25) is 0 Å². The lowest BCUT2D eigenvalue weighted by molar-refractivity contribution is -0.0900. The molecule has 0 unspecified atom stereocenters. The van der Waals surface area contributed by atoms with Crippen molar-refractivity contribution in [2.45, 2.75) is 12.6 Å². The highest BCUT2D eigenvalue weighted by Crippen LogP contribution is 2.29. The second kappa shape index (κ2) is 2.48. The van der Waals surface area contributed by atoms with E-state index in [2.05, 4.69) is 12.5 Å². The average Bonchev–Trinajstić information content (AvgIpc) is 1.88. The Morgan fingerprint density at radius 1 is 1.40 bits per heavy atom. The fraction of sp³-hybridized carbons (Fsp3) is 0.286. The van der Waals surface area contributed by atoms with Gasteiger partial charge in [-0.05, 0) is 18.6 Å². The number of allylic oxidation sites excluding steroid dienone is 4. The van der Waals surface area contributed by atoms with Crippen LogP contribution in [-0.2, 0) is 0 Å². The molecular weight excluding hydrogens is 141 g/mol. The molecule has 0 amide bonds. The molecule has 0 saturated heterocycles. The van der Waals surface area contributed by atoms with Gasteiger partial charge in [0.25, 0.3) is 0 Å². The lowest BCUT2D eigenvalue weighted by Crippen LogP contribution is -2.12. The van der Waals surface area contributed by atoms with Crippen LogP contribution in [0, 0.1) is 12.5 Å². The molecule has 1 rings (SSSR count). The molecule has 0 atom stereocenters. The molecule has 0 spiro atoms. The van der Waals surface area contributed by atoms with Gasteiger partial charge in [-0.25, -0.2) is 0 Å². The van der Waals surface area contributed by atoms with Gasteiger partial charge in [0.15, 0.2) is 0 Å². The first-order valence-electron chi connectivity index (χ1n) is 2.69. The molecule has 1 aliphatic rings. The molecule has 0 nitrogen and oxygen atoms in total. The third-order valence-corrected chi connectivity index (χ3v) is 1.05. The first-order chi connectivity index (χ1) is 4.61. The largest absolute Gasteiger partial charge is 0.413 e. The highest BCUT2D eigenvalue weighted by Gasteiger charge is 2.33. The smallest absolute Gasteiger partial charge is 0.166 e. The van der Waals surface area contributed by atoms with Crippen molar-refractivity contribution in [1.29, 1.82) is 0 Å². The standard InChI is InChI=1S/C7H4F3/c8-7(9,10)6-4-2-1-3-5-6/h1,5H,2H2. The first kappa shape index (κ1) is 7.38. The fourth-order valence-corrected chi connectivity index (χ4v) is 0.595. The molecule has 0 aromatic heterocycles. The topological polar surface area (TPSA) is 0 Å². The number of rotatable bonds is 0. The maximum Gasteiger partial charge on any atom is 0.413 e. The van der Waals surface area contributed by atoms with E-state index >= 15 is 0 Å². The van der Waals surface area contributed by atoms with E-state index in [4.69, 9.17) is 0 Å². The van der Waals surface area contributed by atoms with Crippen LogP contribution in [-0.4, -0.2) is 6.18 Å². The summed E-state index contributed by atoms with van der Waals surface area (Å²) in [7, 11) is 0. The van der Waals surface area contributed by atoms with Crippen molar-refractivity contribution < 1.29 is 13.2 Å². The Morgan fingerprint density at radius 2 is 2.10 bits per heavy atom. The quantitative estimate of drug-likeness (QED) is 0.490. The molecule has 3 heteroatoms. The summed E-state index contributed by atoms with van der Waals surface area (Å²) in [4.78, 5) is 0. The van der Waals surface area contributed by atoms with E-state index in [1.54, 1.807) is 0 Å². The maximum atomic E-state index is 11.8. The van der Waals surface area contributed by atoms with E-state index in [1.165, 1.54) is 6.08 Å². The minimum atomic E-state index is -4.26. The number of hydrogen-bond acceptors (Lipinski definition) is 0. The van der Waals surface area contributed by atoms with Crippen molar-refractivity contribution >= 4 is 0 Å². The van der Waals surface area contributed by atoms with Gasteiger partial charge in [-0.2, -0.15) is 13.2 Å². The zero-order valence-electron chi connectivity index (χ0n) is 5.00. The molecule has 0 bridgehead atoms. The molecular formula is C7H4F3. The van der Waals surface area contributed by atoms with Gasteiger partial charge >= 0.3 is 6.18 Å². The molecule has 0 saturated carbocycles. The summed E-state index contributed by atoms with van der Waals surface area (Å²) in [6.45, 7) is 0. The summed E-state index contributed by atoms with van der Waals surface area (Å²) in [5, 5.41) is 0. The predicted molar refractivity (Wildman–Crippen MR) is 29.8 cm³/mol. The van der Waals surface area contributed by atoms with Crippen LogP contribution in [0.4, 0.5) is 13.2 Å². The molecule has 0 aromatic rings. The third kappa shape index (κ3) is 1.62. The summed E-state index contributed by atoms with van der Waals surface area (Å²) in [5.74, 6) is 0. The highest BCUT2D eigenvalue weighted by atomic mass is 19.4. The van der Waals surface area contributed by atoms with Gasteiger partial charge in [-0.1, -0.05) is 6.08 Å². The van der Waals surface area contributed by atoms with E-state index < -0.39 is 11.7 Å². The third-order valence-electron chi connectivity index (χ3n) is 1.05. The average molecular weight is 145 g/mol. The van der Waals surface area contributed by atoms with Crippen LogP contribution >= 0.6 is 0 Å². The second-order valence-electron chi connectivity index (χ2n) is 1.81. The van der Waals surface area contributed by atoms with Crippen LogP contribution in [0.3, 0.4) is 0 Å². The SMILES string of the molecule is FC(F)(F)C1=C[C]=CC[C]1. The first-order valence-corrected chi connectivity index (χ1v) is 2.69. The molecule has 1 aliphatic carbocycles. The molecule has 0 aromatic carbocycles. The molecule has 0 fully saturated rings. The van der Waals surface area contributed by atoms with E-state index in [1.807, 2.05) is 0 Å². The lowest BCUT2D eigenvalue weighted by atomic mass is 10.1. The Kier molecular flexibility index (Phi) is 1.83. The van der Waals surface area contributed by atoms with Crippen molar-refractivity contribution in [2.75, 3.05) is 0 Å². The van der Waals surface area contributed by atoms with E-state index in [-0.39, 0.29) is 6.42 Å². The monoisotopic (exact) mass is 145 g/mol. The van der Waals surface area contributed by atoms with Crippen LogP contribution < -0.4 is 0 Å². The van der Waals surface area contributed by atoms with Crippen LogP contribution in [0.5, 0.6) is 0 Å². The van der Waals surface area contributed by atoms with Gasteiger partial charge in [0.05, 0.1) is 0 Å². The molecule has 0 heterocycles. The Bertz CT molecular complexity index is 174. The normalized spacial score (nSPS) is 18.9. The minimum absolute atomic E-state index is 0.200. The van der Waals surface area contributed by atoms with Crippen molar-refractivity contribution in [2.24, 2.45) is 0 Å². The Labute approximate surface area is 57.0 Å². The number of alkyl halides is 3. The van der Waals surface area contributed by atoms with E-state index in [0.717, 1.165) is 6.08 Å². The van der Waals surface area contributed by atoms with E-state index in [9.17, 15) is 13.2 Å². The Balaban J connectivity index is 2.72. The minimum Gasteiger partial charge on any atom is -0.166 e. The number of halogens is 3. The molecule has 0 aliphatic heterocycles. The van der Waals surface area contributed by atoms with Gasteiger partial charge < -0.3 is 0 Å². The van der Waals surface area contributed by atoms with Crippen molar-refractivity contribution in [3.8, 4) is 0 Å². The van der Waals surface area contributed by atoms with E-state index in [0.29, 0.717) is 0 Å². The highest BCUT2D eigenvalue weighted by molar-refractivity contribution is 5.26. The molecule has 53 valence electrons. The summed E-state index contributed by atoms with van der Waals surface area (Å²) in [5.41, 5.74) is -0.727. The maximum absolute atomic E-state index is 11.8. The van der Waals surface area contributed by atoms with Gasteiger partial charge in [0, 0.05) is 12.0 Å². The Morgan fingerprint density at radius 3 is 2.40 bits per heavy atom. The van der Waals surface area contributed by atoms with Gasteiger partial charge in [-0.3, -0.25) is 0 Å². The summed E-state index contributed by atoms with van der Waals surface area (Å²) >= 11 is 0.